The van der Waals surface area contributed by atoms with Gasteiger partial charge >= 0.3 is 0 Å². The average molecular weight is 351 g/mol. The maximum Gasteiger partial charge on any atom is 0.253 e. The van der Waals surface area contributed by atoms with Gasteiger partial charge in [-0.1, -0.05) is 6.07 Å². The van der Waals surface area contributed by atoms with Crippen LogP contribution in [0.3, 0.4) is 0 Å². The lowest BCUT2D eigenvalue weighted by atomic mass is 10.0. The largest absolute Gasteiger partial charge is 0.337 e. The van der Waals surface area contributed by atoms with Gasteiger partial charge < -0.3 is 10.2 Å². The van der Waals surface area contributed by atoms with E-state index in [0.29, 0.717) is 37.2 Å². The van der Waals surface area contributed by atoms with E-state index in [1.807, 2.05) is 7.05 Å². The van der Waals surface area contributed by atoms with Crippen LogP contribution in [0.25, 0.3) is 0 Å². The number of likely N-dealkylation sites (tertiary alicyclic amines) is 1. The van der Waals surface area contributed by atoms with Crippen LogP contribution in [0.15, 0.2) is 29.2 Å². The Kier molecular flexibility index (Phi) is 5.22. The van der Waals surface area contributed by atoms with Crippen LogP contribution in [0.1, 0.15) is 36.0 Å². The standard InChI is InChI=1S/C17H25N3O3S/c1-18-15-5-3-9-20(12-15)17(21)14-4-2-6-16(10-14)24(22,23)19-11-13-7-8-13/h2,4,6,10,13,15,18-19H,3,5,7-9,11-12H2,1H3. The number of carbonyl (C=O) groups is 1. The van der Waals surface area contributed by atoms with E-state index in [9.17, 15) is 13.2 Å². The molecule has 0 aromatic heterocycles. The lowest BCUT2D eigenvalue weighted by molar-refractivity contribution is 0.0698. The summed E-state index contributed by atoms with van der Waals surface area (Å²) in [5, 5.41) is 3.21. The molecule has 24 heavy (non-hydrogen) atoms. The molecule has 1 aromatic carbocycles. The number of piperidine rings is 1. The van der Waals surface area contributed by atoms with E-state index >= 15 is 0 Å². The first-order chi connectivity index (χ1) is 11.5. The van der Waals surface area contributed by atoms with Gasteiger partial charge in [0.2, 0.25) is 10.0 Å². The number of benzene rings is 1. The van der Waals surface area contributed by atoms with Crippen LogP contribution >= 0.6 is 0 Å². The van der Waals surface area contributed by atoms with Crippen molar-refractivity contribution in [2.45, 2.75) is 36.6 Å². The minimum Gasteiger partial charge on any atom is -0.337 e. The molecule has 2 fully saturated rings. The molecule has 132 valence electrons. The third-order valence-corrected chi connectivity index (χ3v) is 6.19. The van der Waals surface area contributed by atoms with Crippen LogP contribution in [0, 0.1) is 5.92 Å². The highest BCUT2D eigenvalue weighted by molar-refractivity contribution is 7.89. The zero-order valence-electron chi connectivity index (χ0n) is 14.0. The number of likely N-dealkylation sites (N-methyl/N-ethyl adjacent to an activating group) is 1. The molecule has 1 unspecified atom stereocenters. The average Bonchev–Trinajstić information content (AvgIpc) is 3.44. The summed E-state index contributed by atoms with van der Waals surface area (Å²) in [6.07, 6.45) is 4.18. The number of sulfonamides is 1. The van der Waals surface area contributed by atoms with Gasteiger partial charge in [0.05, 0.1) is 4.90 Å². The number of hydrogen-bond donors (Lipinski definition) is 2. The molecule has 1 amide bonds. The highest BCUT2D eigenvalue weighted by Crippen LogP contribution is 2.28. The Hall–Kier alpha value is -1.44. The van der Waals surface area contributed by atoms with Crippen LogP contribution in [0.2, 0.25) is 0 Å². The van der Waals surface area contributed by atoms with Gasteiger partial charge in [0.15, 0.2) is 0 Å². The van der Waals surface area contributed by atoms with Gasteiger partial charge in [0, 0.05) is 31.2 Å². The Bertz CT molecular complexity index is 701. The van der Waals surface area contributed by atoms with E-state index < -0.39 is 10.0 Å². The summed E-state index contributed by atoms with van der Waals surface area (Å²) in [7, 11) is -1.65. The van der Waals surface area contributed by atoms with Gasteiger partial charge in [-0.05, 0) is 56.8 Å². The first kappa shape index (κ1) is 17.4. The molecule has 1 aliphatic heterocycles. The fourth-order valence-electron chi connectivity index (χ4n) is 3.01. The molecule has 2 N–H and O–H groups in total. The molecule has 1 atom stereocenters. The summed E-state index contributed by atoms with van der Waals surface area (Å²) in [5.74, 6) is 0.366. The van der Waals surface area contributed by atoms with E-state index in [1.165, 1.54) is 6.07 Å². The molecule has 2 aliphatic rings. The third kappa shape index (κ3) is 4.15. The van der Waals surface area contributed by atoms with Crippen LogP contribution in [0.5, 0.6) is 0 Å². The van der Waals surface area contributed by atoms with Crippen LogP contribution in [-0.2, 0) is 10.0 Å². The van der Waals surface area contributed by atoms with Crippen molar-refractivity contribution in [1.29, 1.82) is 0 Å². The fourth-order valence-corrected chi connectivity index (χ4v) is 4.17. The summed E-state index contributed by atoms with van der Waals surface area (Å²) in [4.78, 5) is 14.7. The van der Waals surface area contributed by atoms with Gasteiger partial charge in [-0.15, -0.1) is 0 Å². The molecule has 7 heteroatoms. The molecule has 1 aromatic rings. The molecule has 6 nitrogen and oxygen atoms in total. The second kappa shape index (κ2) is 7.21. The quantitative estimate of drug-likeness (QED) is 0.807. The predicted molar refractivity (Wildman–Crippen MR) is 92.3 cm³/mol. The van der Waals surface area contributed by atoms with E-state index in [1.54, 1.807) is 23.1 Å². The number of nitrogens with zero attached hydrogens (tertiary/aromatic N) is 1. The second-order valence-corrected chi connectivity index (χ2v) is 8.47. The smallest absolute Gasteiger partial charge is 0.253 e. The number of rotatable bonds is 6. The summed E-state index contributed by atoms with van der Waals surface area (Å²) in [6, 6.07) is 6.65. The van der Waals surface area contributed by atoms with Crippen molar-refractivity contribution in [3.05, 3.63) is 29.8 Å². The molecular formula is C17H25N3O3S. The summed E-state index contributed by atoms with van der Waals surface area (Å²) in [6.45, 7) is 1.86. The highest BCUT2D eigenvalue weighted by atomic mass is 32.2. The van der Waals surface area contributed by atoms with Crippen molar-refractivity contribution in [3.8, 4) is 0 Å². The lowest BCUT2D eigenvalue weighted by Crippen LogP contribution is -2.47. The van der Waals surface area contributed by atoms with E-state index in [4.69, 9.17) is 0 Å². The minimum absolute atomic E-state index is 0.103. The van der Waals surface area contributed by atoms with Gasteiger partial charge in [-0.2, -0.15) is 0 Å². The molecule has 1 heterocycles. The summed E-state index contributed by atoms with van der Waals surface area (Å²) >= 11 is 0. The zero-order valence-corrected chi connectivity index (χ0v) is 14.8. The molecule has 0 bridgehead atoms. The van der Waals surface area contributed by atoms with Gasteiger partial charge in [-0.3, -0.25) is 4.79 Å². The number of nitrogens with one attached hydrogen (secondary N) is 2. The van der Waals surface area contributed by atoms with Crippen molar-refractivity contribution < 1.29 is 13.2 Å². The molecule has 1 aliphatic carbocycles. The number of hydrogen-bond acceptors (Lipinski definition) is 4. The van der Waals surface area contributed by atoms with Gasteiger partial charge in [0.25, 0.3) is 5.91 Å². The van der Waals surface area contributed by atoms with Crippen molar-refractivity contribution in [2.75, 3.05) is 26.7 Å². The SMILES string of the molecule is CNC1CCCN(C(=O)c2cccc(S(=O)(=O)NCC3CC3)c2)C1. The predicted octanol–water partition coefficient (Wildman–Crippen LogP) is 1.20. The van der Waals surface area contributed by atoms with Crippen molar-refractivity contribution in [3.63, 3.8) is 0 Å². The van der Waals surface area contributed by atoms with Gasteiger partial charge in [-0.25, -0.2) is 13.1 Å². The molecule has 1 saturated carbocycles. The maximum absolute atomic E-state index is 12.7. The van der Waals surface area contributed by atoms with E-state index in [0.717, 1.165) is 25.7 Å². The normalized spacial score (nSPS) is 21.7. The molecule has 0 radical (unpaired) electrons. The number of amides is 1. The third-order valence-electron chi connectivity index (χ3n) is 4.77. The topological polar surface area (TPSA) is 78.5 Å². The second-order valence-electron chi connectivity index (χ2n) is 6.70. The monoisotopic (exact) mass is 351 g/mol. The molecule has 1 saturated heterocycles. The van der Waals surface area contributed by atoms with Gasteiger partial charge in [0.1, 0.15) is 0 Å². The Morgan fingerprint density at radius 3 is 2.79 bits per heavy atom. The van der Waals surface area contributed by atoms with Crippen molar-refractivity contribution in [1.82, 2.24) is 14.9 Å². The van der Waals surface area contributed by atoms with Crippen LogP contribution in [-0.4, -0.2) is 51.9 Å². The van der Waals surface area contributed by atoms with Crippen molar-refractivity contribution >= 4 is 15.9 Å². The summed E-state index contributed by atoms with van der Waals surface area (Å²) in [5.41, 5.74) is 0.432. The Labute approximate surface area is 143 Å². The maximum atomic E-state index is 12.7. The summed E-state index contributed by atoms with van der Waals surface area (Å²) < 4.78 is 27.4. The zero-order chi connectivity index (χ0) is 17.2. The number of carbonyl (C=O) groups excluding carboxylic acids is 1. The fraction of sp³-hybridized carbons (Fsp3) is 0.588. The molecule has 0 spiro atoms. The Morgan fingerprint density at radius 2 is 2.08 bits per heavy atom. The van der Waals surface area contributed by atoms with E-state index in [2.05, 4.69) is 10.0 Å². The van der Waals surface area contributed by atoms with Crippen LogP contribution < -0.4 is 10.0 Å². The lowest BCUT2D eigenvalue weighted by Gasteiger charge is -2.32. The Morgan fingerprint density at radius 1 is 1.29 bits per heavy atom. The van der Waals surface area contributed by atoms with Crippen molar-refractivity contribution in [2.24, 2.45) is 5.92 Å². The molecular weight excluding hydrogens is 326 g/mol. The first-order valence-electron chi connectivity index (χ1n) is 8.56. The highest BCUT2D eigenvalue weighted by Gasteiger charge is 2.26. The van der Waals surface area contributed by atoms with Crippen LogP contribution in [0.4, 0.5) is 0 Å². The van der Waals surface area contributed by atoms with E-state index in [-0.39, 0.29) is 10.8 Å². The Balaban J connectivity index is 1.73. The minimum atomic E-state index is -3.55. The molecule has 3 rings (SSSR count). The first-order valence-corrected chi connectivity index (χ1v) is 10.0.